The fourth-order valence-corrected chi connectivity index (χ4v) is 2.31. The Bertz CT molecular complexity index is 498. The van der Waals surface area contributed by atoms with Crippen LogP contribution in [-0.2, 0) is 16.1 Å². The zero-order valence-electron chi connectivity index (χ0n) is 12.8. The number of carbonyl (C=O) groups is 2. The highest BCUT2D eigenvalue weighted by atomic mass is 16.6. The van der Waals surface area contributed by atoms with Gasteiger partial charge in [-0.15, -0.1) is 0 Å². The molecule has 1 aromatic carbocycles. The molecular formula is C16H22N2O4. The van der Waals surface area contributed by atoms with Gasteiger partial charge in [-0.2, -0.15) is 0 Å². The Morgan fingerprint density at radius 2 is 1.91 bits per heavy atom. The van der Waals surface area contributed by atoms with Crippen LogP contribution in [-0.4, -0.2) is 59.7 Å². The van der Waals surface area contributed by atoms with Crippen LogP contribution >= 0.6 is 0 Å². The second-order valence-electron chi connectivity index (χ2n) is 5.51. The zero-order valence-corrected chi connectivity index (χ0v) is 12.8. The number of piperidine rings is 1. The molecule has 1 fully saturated rings. The summed E-state index contributed by atoms with van der Waals surface area (Å²) in [6, 6.07) is 9.39. The molecule has 1 aliphatic rings. The van der Waals surface area contributed by atoms with Crippen molar-refractivity contribution in [2.45, 2.75) is 25.6 Å². The molecule has 6 nitrogen and oxygen atoms in total. The Morgan fingerprint density at radius 1 is 1.27 bits per heavy atom. The second-order valence-corrected chi connectivity index (χ2v) is 5.51. The molecule has 2 rings (SSSR count). The van der Waals surface area contributed by atoms with E-state index in [1.807, 2.05) is 30.3 Å². The quantitative estimate of drug-likeness (QED) is 0.908. The molecule has 22 heavy (non-hydrogen) atoms. The Kier molecular flexibility index (Phi) is 5.77. The molecule has 120 valence electrons. The first-order chi connectivity index (χ1) is 10.6. The van der Waals surface area contributed by atoms with Crippen molar-refractivity contribution in [1.29, 1.82) is 0 Å². The van der Waals surface area contributed by atoms with Crippen molar-refractivity contribution in [2.75, 3.05) is 26.7 Å². The number of hydrogen-bond acceptors (Lipinski definition) is 4. The van der Waals surface area contributed by atoms with Crippen LogP contribution < -0.4 is 0 Å². The number of rotatable bonds is 4. The average Bonchev–Trinajstić information content (AvgIpc) is 2.54. The lowest BCUT2D eigenvalue weighted by Crippen LogP contribution is -2.45. The van der Waals surface area contributed by atoms with Crippen LogP contribution in [0.1, 0.15) is 18.4 Å². The van der Waals surface area contributed by atoms with Crippen LogP contribution in [0.25, 0.3) is 0 Å². The Balaban J connectivity index is 1.75. The molecule has 0 aliphatic carbocycles. The number of amides is 2. The van der Waals surface area contributed by atoms with Crippen molar-refractivity contribution in [3.8, 4) is 0 Å². The number of carbonyl (C=O) groups excluding carboxylic acids is 2. The van der Waals surface area contributed by atoms with Crippen molar-refractivity contribution < 1.29 is 19.4 Å². The molecule has 1 saturated heterocycles. The van der Waals surface area contributed by atoms with Crippen molar-refractivity contribution in [3.63, 3.8) is 0 Å². The maximum atomic E-state index is 12.1. The van der Waals surface area contributed by atoms with Gasteiger partial charge in [0.05, 0.1) is 6.10 Å². The van der Waals surface area contributed by atoms with E-state index in [0.29, 0.717) is 25.9 Å². The first-order valence-corrected chi connectivity index (χ1v) is 7.44. The third-order valence-corrected chi connectivity index (χ3v) is 3.71. The number of hydrogen-bond donors (Lipinski definition) is 1. The van der Waals surface area contributed by atoms with E-state index in [1.165, 1.54) is 4.90 Å². The Morgan fingerprint density at radius 3 is 2.55 bits per heavy atom. The lowest BCUT2D eigenvalue weighted by molar-refractivity contribution is -0.133. The van der Waals surface area contributed by atoms with Gasteiger partial charge in [0, 0.05) is 20.1 Å². The number of aliphatic hydroxyl groups excluding tert-OH is 1. The third kappa shape index (κ3) is 4.73. The van der Waals surface area contributed by atoms with E-state index in [9.17, 15) is 14.7 Å². The molecule has 0 radical (unpaired) electrons. The van der Waals surface area contributed by atoms with Gasteiger partial charge in [0.15, 0.2) is 0 Å². The van der Waals surface area contributed by atoms with Crippen LogP contribution in [0.15, 0.2) is 30.3 Å². The van der Waals surface area contributed by atoms with Gasteiger partial charge in [0.1, 0.15) is 13.2 Å². The lowest BCUT2D eigenvalue weighted by Gasteiger charge is -2.30. The molecule has 0 atom stereocenters. The third-order valence-electron chi connectivity index (χ3n) is 3.71. The number of aliphatic hydroxyl groups is 1. The highest BCUT2D eigenvalue weighted by molar-refractivity contribution is 5.82. The number of likely N-dealkylation sites (tertiary alicyclic amines) is 1. The highest BCUT2D eigenvalue weighted by Gasteiger charge is 2.23. The van der Waals surface area contributed by atoms with E-state index in [2.05, 4.69) is 0 Å². The smallest absolute Gasteiger partial charge is 0.410 e. The topological polar surface area (TPSA) is 70.1 Å². The second kappa shape index (κ2) is 7.79. The summed E-state index contributed by atoms with van der Waals surface area (Å²) >= 11 is 0. The van der Waals surface area contributed by atoms with Gasteiger partial charge < -0.3 is 19.6 Å². The lowest BCUT2D eigenvalue weighted by atomic mass is 10.1. The van der Waals surface area contributed by atoms with E-state index in [0.717, 1.165) is 5.56 Å². The van der Waals surface area contributed by atoms with E-state index in [1.54, 1.807) is 11.9 Å². The van der Waals surface area contributed by atoms with E-state index in [4.69, 9.17) is 4.74 Å². The highest BCUT2D eigenvalue weighted by Crippen LogP contribution is 2.10. The predicted molar refractivity (Wildman–Crippen MR) is 81.1 cm³/mol. The van der Waals surface area contributed by atoms with Gasteiger partial charge >= 0.3 is 6.09 Å². The van der Waals surface area contributed by atoms with Crippen LogP contribution in [0.2, 0.25) is 0 Å². The fraction of sp³-hybridized carbons (Fsp3) is 0.500. The minimum atomic E-state index is -0.519. The summed E-state index contributed by atoms with van der Waals surface area (Å²) in [5.41, 5.74) is 0.903. The largest absolute Gasteiger partial charge is 0.445 e. The minimum Gasteiger partial charge on any atom is -0.445 e. The number of ether oxygens (including phenoxy) is 1. The Labute approximate surface area is 130 Å². The molecule has 0 saturated carbocycles. The monoisotopic (exact) mass is 306 g/mol. The summed E-state index contributed by atoms with van der Waals surface area (Å²) in [5, 5.41) is 9.43. The first-order valence-electron chi connectivity index (χ1n) is 7.44. The summed E-state index contributed by atoms with van der Waals surface area (Å²) < 4.78 is 5.17. The molecule has 0 spiro atoms. The molecule has 6 heteroatoms. The normalized spacial score (nSPS) is 15.5. The van der Waals surface area contributed by atoms with Crippen LogP contribution in [0, 0.1) is 0 Å². The molecule has 1 aromatic rings. The summed E-state index contributed by atoms with van der Waals surface area (Å²) in [4.78, 5) is 26.9. The van der Waals surface area contributed by atoms with Gasteiger partial charge in [0.25, 0.3) is 0 Å². The maximum Gasteiger partial charge on any atom is 0.410 e. The SMILES string of the molecule is CN(CC(=O)N1CCC(O)CC1)C(=O)OCc1ccccc1. The molecule has 1 aliphatic heterocycles. The average molecular weight is 306 g/mol. The minimum absolute atomic E-state index is 0.0102. The molecule has 1 N–H and O–H groups in total. The molecule has 0 bridgehead atoms. The zero-order chi connectivity index (χ0) is 15.9. The molecule has 2 amide bonds. The van der Waals surface area contributed by atoms with Gasteiger partial charge in [-0.25, -0.2) is 4.79 Å². The number of likely N-dealkylation sites (N-methyl/N-ethyl adjacent to an activating group) is 1. The first kappa shape index (κ1) is 16.3. The van der Waals surface area contributed by atoms with Crippen molar-refractivity contribution in [2.24, 2.45) is 0 Å². The van der Waals surface area contributed by atoms with E-state index >= 15 is 0 Å². The van der Waals surface area contributed by atoms with Crippen molar-refractivity contribution in [1.82, 2.24) is 9.80 Å². The Hall–Kier alpha value is -2.08. The summed E-state index contributed by atoms with van der Waals surface area (Å²) in [6.07, 6.45) is 0.341. The van der Waals surface area contributed by atoms with Gasteiger partial charge in [-0.1, -0.05) is 30.3 Å². The van der Waals surface area contributed by atoms with Crippen molar-refractivity contribution >= 4 is 12.0 Å². The van der Waals surface area contributed by atoms with Gasteiger partial charge in [-0.05, 0) is 18.4 Å². The molecule has 0 aromatic heterocycles. The molecule has 1 heterocycles. The standard InChI is InChI=1S/C16H22N2O4/c1-17(11-15(20)18-9-7-14(19)8-10-18)16(21)22-12-13-5-3-2-4-6-13/h2-6,14,19H,7-12H2,1H3. The molecule has 0 unspecified atom stereocenters. The predicted octanol–water partition coefficient (Wildman–Crippen LogP) is 1.24. The van der Waals surface area contributed by atoms with Crippen LogP contribution in [0.4, 0.5) is 4.79 Å². The molecular weight excluding hydrogens is 284 g/mol. The van der Waals surface area contributed by atoms with E-state index < -0.39 is 6.09 Å². The van der Waals surface area contributed by atoms with E-state index in [-0.39, 0.29) is 25.2 Å². The number of benzene rings is 1. The summed E-state index contributed by atoms with van der Waals surface area (Å²) in [6.45, 7) is 1.25. The summed E-state index contributed by atoms with van der Waals surface area (Å²) in [5.74, 6) is -0.119. The fourth-order valence-electron chi connectivity index (χ4n) is 2.31. The van der Waals surface area contributed by atoms with Crippen LogP contribution in [0.5, 0.6) is 0 Å². The van der Waals surface area contributed by atoms with Gasteiger partial charge in [-0.3, -0.25) is 4.79 Å². The van der Waals surface area contributed by atoms with Crippen molar-refractivity contribution in [3.05, 3.63) is 35.9 Å². The van der Waals surface area contributed by atoms with Gasteiger partial charge in [0.2, 0.25) is 5.91 Å². The number of nitrogens with zero attached hydrogens (tertiary/aromatic N) is 2. The maximum absolute atomic E-state index is 12.1. The summed E-state index contributed by atoms with van der Waals surface area (Å²) in [7, 11) is 1.55. The van der Waals surface area contributed by atoms with Crippen LogP contribution in [0.3, 0.4) is 0 Å².